The molecule has 1 aliphatic carbocycles. The van der Waals surface area contributed by atoms with Crippen molar-refractivity contribution in [2.24, 2.45) is 5.41 Å². The number of pyridine rings is 1. The topological polar surface area (TPSA) is 104 Å². The standard InChI is InChI=1S/C35H35F4N5O4/c1-3-22-25(36)8-7-20-14-21(45)15-23(27(20)22)29-28(37)30-24(16-40-29)31(44-12-13-47-19-35(46,17-44)32(38)39)42-33(41-30)48-18-34-9-4-6-26(34)43(2)11-5-10-34/h1,7-8,14-16,26,32,45-46H,4-6,9-13,17-19H2,2H3/t26-,34-,35?/m1/s1. The molecule has 2 N–H and O–H groups in total. The number of terminal acetylenes is 1. The minimum Gasteiger partial charge on any atom is -0.508 e. The molecule has 2 aromatic carbocycles. The van der Waals surface area contributed by atoms with Gasteiger partial charge in [-0.05, 0) is 62.9 Å². The van der Waals surface area contributed by atoms with Crippen molar-refractivity contribution in [1.82, 2.24) is 19.9 Å². The number of nitrogens with zero attached hydrogens (tertiary/aromatic N) is 5. The van der Waals surface area contributed by atoms with E-state index in [-0.39, 0.29) is 75.9 Å². The van der Waals surface area contributed by atoms with Crippen molar-refractivity contribution >= 4 is 27.5 Å². The summed E-state index contributed by atoms with van der Waals surface area (Å²) in [5, 5.41) is 21.9. The van der Waals surface area contributed by atoms with Gasteiger partial charge in [-0.25, -0.2) is 17.6 Å². The predicted octanol–water partition coefficient (Wildman–Crippen LogP) is 5.29. The van der Waals surface area contributed by atoms with Crippen LogP contribution in [-0.2, 0) is 4.74 Å². The number of piperidine rings is 1. The maximum Gasteiger partial charge on any atom is 0.319 e. The van der Waals surface area contributed by atoms with Gasteiger partial charge in [0.25, 0.3) is 6.43 Å². The van der Waals surface area contributed by atoms with E-state index in [4.69, 9.17) is 15.9 Å². The summed E-state index contributed by atoms with van der Waals surface area (Å²) in [7, 11) is 2.10. The van der Waals surface area contributed by atoms with Crippen LogP contribution in [0.5, 0.6) is 11.8 Å². The number of alkyl halides is 2. The first-order valence-corrected chi connectivity index (χ1v) is 16.0. The molecule has 3 aliphatic rings. The molecule has 9 nitrogen and oxygen atoms in total. The second-order valence-electron chi connectivity index (χ2n) is 13.2. The highest BCUT2D eigenvalue weighted by Crippen LogP contribution is 2.47. The third kappa shape index (κ3) is 5.45. The summed E-state index contributed by atoms with van der Waals surface area (Å²) in [5.74, 6) is 0.489. The third-order valence-corrected chi connectivity index (χ3v) is 10.2. The van der Waals surface area contributed by atoms with Crippen LogP contribution in [0.1, 0.15) is 37.7 Å². The highest BCUT2D eigenvalue weighted by Gasteiger charge is 2.47. The van der Waals surface area contributed by atoms with Gasteiger partial charge in [0.15, 0.2) is 11.4 Å². The van der Waals surface area contributed by atoms with Gasteiger partial charge in [0, 0.05) is 35.1 Å². The number of rotatable bonds is 6. The van der Waals surface area contributed by atoms with Crippen molar-refractivity contribution in [2.45, 2.75) is 50.2 Å². The van der Waals surface area contributed by atoms with E-state index in [1.54, 1.807) is 0 Å². The lowest BCUT2D eigenvalue weighted by Crippen LogP contribution is -2.50. The summed E-state index contributed by atoms with van der Waals surface area (Å²) in [6.45, 7) is 0.167. The number of aromatic hydroxyl groups is 1. The Morgan fingerprint density at radius 2 is 1.98 bits per heavy atom. The van der Waals surface area contributed by atoms with Gasteiger partial charge in [0.1, 0.15) is 28.6 Å². The first-order valence-electron chi connectivity index (χ1n) is 16.0. The van der Waals surface area contributed by atoms with Crippen LogP contribution in [0, 0.1) is 29.4 Å². The van der Waals surface area contributed by atoms with Crippen LogP contribution in [0.4, 0.5) is 23.4 Å². The summed E-state index contributed by atoms with van der Waals surface area (Å²) in [6.07, 6.45) is 8.79. The fraction of sp³-hybridized carbons (Fsp3) is 0.457. The molecule has 0 spiro atoms. The zero-order chi connectivity index (χ0) is 33.8. The largest absolute Gasteiger partial charge is 0.508 e. The van der Waals surface area contributed by atoms with Gasteiger partial charge in [0.05, 0.1) is 37.3 Å². The number of halogens is 4. The first kappa shape index (κ1) is 32.3. The van der Waals surface area contributed by atoms with E-state index in [9.17, 15) is 23.4 Å². The lowest BCUT2D eigenvalue weighted by atomic mass is 9.76. The average Bonchev–Trinajstić information content (AvgIpc) is 3.40. The van der Waals surface area contributed by atoms with Crippen LogP contribution in [0.25, 0.3) is 32.9 Å². The quantitative estimate of drug-likeness (QED) is 0.210. The fourth-order valence-electron chi connectivity index (χ4n) is 7.84. The number of β-amino-alcohol motifs (C(OH)–C–C–N with tert-alkyl or cyclic N) is 1. The second-order valence-corrected chi connectivity index (χ2v) is 13.2. The Hall–Kier alpha value is -4.25. The number of ether oxygens (including phenoxy) is 2. The summed E-state index contributed by atoms with van der Waals surface area (Å²) in [6, 6.07) is 5.36. The molecule has 2 saturated heterocycles. The second kappa shape index (κ2) is 12.3. The molecule has 0 radical (unpaired) electrons. The van der Waals surface area contributed by atoms with Crippen LogP contribution in [0.2, 0.25) is 0 Å². The van der Waals surface area contributed by atoms with Crippen molar-refractivity contribution < 1.29 is 37.2 Å². The number of fused-ring (bicyclic) bond motifs is 3. The average molecular weight is 666 g/mol. The smallest absolute Gasteiger partial charge is 0.319 e. The van der Waals surface area contributed by atoms with Crippen molar-refractivity contribution in [2.75, 3.05) is 51.4 Å². The van der Waals surface area contributed by atoms with Crippen LogP contribution in [0.3, 0.4) is 0 Å². The van der Waals surface area contributed by atoms with Gasteiger partial charge in [-0.3, -0.25) is 4.98 Å². The monoisotopic (exact) mass is 665 g/mol. The van der Waals surface area contributed by atoms with Crippen LogP contribution >= 0.6 is 0 Å². The number of phenols is 1. The molecule has 48 heavy (non-hydrogen) atoms. The zero-order valence-corrected chi connectivity index (χ0v) is 26.4. The number of likely N-dealkylation sites (tertiary alicyclic amines) is 1. The molecule has 4 heterocycles. The van der Waals surface area contributed by atoms with Gasteiger partial charge in [-0.15, -0.1) is 6.42 Å². The molecule has 0 bridgehead atoms. The van der Waals surface area contributed by atoms with Crippen molar-refractivity contribution in [3.05, 3.63) is 47.7 Å². The molecular weight excluding hydrogens is 630 g/mol. The summed E-state index contributed by atoms with van der Waals surface area (Å²) < 4.78 is 71.4. The Morgan fingerprint density at radius 1 is 1.17 bits per heavy atom. The Labute approximate surface area is 274 Å². The molecule has 3 atom stereocenters. The first-order chi connectivity index (χ1) is 23.0. The minimum absolute atomic E-state index is 0.00243. The van der Waals surface area contributed by atoms with Crippen molar-refractivity contribution in [1.29, 1.82) is 0 Å². The van der Waals surface area contributed by atoms with E-state index in [2.05, 4.69) is 32.8 Å². The van der Waals surface area contributed by atoms with Crippen LogP contribution in [0.15, 0.2) is 30.5 Å². The molecule has 2 aromatic heterocycles. The van der Waals surface area contributed by atoms with Crippen LogP contribution in [-0.4, -0.2) is 94.6 Å². The van der Waals surface area contributed by atoms with Gasteiger partial charge < -0.3 is 29.5 Å². The van der Waals surface area contributed by atoms with Gasteiger partial charge in [-0.1, -0.05) is 18.4 Å². The minimum atomic E-state index is -3.13. The highest BCUT2D eigenvalue weighted by molar-refractivity contribution is 6.03. The van der Waals surface area contributed by atoms with Crippen molar-refractivity contribution in [3.8, 4) is 35.4 Å². The van der Waals surface area contributed by atoms with E-state index in [1.807, 2.05) is 0 Å². The van der Waals surface area contributed by atoms with Gasteiger partial charge >= 0.3 is 6.01 Å². The normalized spacial score (nSPS) is 25.0. The molecule has 2 aliphatic heterocycles. The molecule has 7 rings (SSSR count). The van der Waals surface area contributed by atoms with Gasteiger partial charge in [0.2, 0.25) is 0 Å². The number of hydrogen-bond donors (Lipinski definition) is 2. The molecule has 1 unspecified atom stereocenters. The molecular formula is C35H35F4N5O4. The highest BCUT2D eigenvalue weighted by atomic mass is 19.3. The molecule has 1 saturated carbocycles. The maximum absolute atomic E-state index is 16.8. The fourth-order valence-corrected chi connectivity index (χ4v) is 7.84. The summed E-state index contributed by atoms with van der Waals surface area (Å²) in [5.41, 5.74) is -3.26. The van der Waals surface area contributed by atoms with E-state index in [1.165, 1.54) is 29.3 Å². The molecule has 252 valence electrons. The van der Waals surface area contributed by atoms with Gasteiger partial charge in [-0.2, -0.15) is 9.97 Å². The number of aliphatic hydroxyl groups is 1. The predicted molar refractivity (Wildman–Crippen MR) is 171 cm³/mol. The molecule has 0 amide bonds. The number of benzene rings is 2. The van der Waals surface area contributed by atoms with Crippen LogP contribution < -0.4 is 9.64 Å². The third-order valence-electron chi connectivity index (χ3n) is 10.2. The Kier molecular flexibility index (Phi) is 8.30. The number of aromatic nitrogens is 3. The van der Waals surface area contributed by atoms with E-state index < -0.39 is 36.8 Å². The van der Waals surface area contributed by atoms with Crippen molar-refractivity contribution in [3.63, 3.8) is 0 Å². The maximum atomic E-state index is 16.8. The summed E-state index contributed by atoms with van der Waals surface area (Å²) in [4.78, 5) is 17.2. The zero-order valence-electron chi connectivity index (χ0n) is 26.4. The van der Waals surface area contributed by atoms with E-state index in [0.717, 1.165) is 44.7 Å². The SMILES string of the molecule is C#Cc1c(F)ccc2cc(O)cc(-c3ncc4c(N5CCOCC(O)(C(F)F)C5)nc(OC[C@]56CCC[C@H]5N(C)CCC6)nc4c3F)c12. The Morgan fingerprint density at radius 3 is 2.77 bits per heavy atom. The van der Waals surface area contributed by atoms with E-state index in [0.29, 0.717) is 11.4 Å². The number of hydrogen-bond acceptors (Lipinski definition) is 9. The molecule has 4 aromatic rings. The number of phenolic OH excluding ortho intramolecular Hbond substituents is 1. The van der Waals surface area contributed by atoms with E-state index >= 15 is 4.39 Å². The molecule has 13 heteroatoms. The molecule has 3 fully saturated rings. The number of anilines is 1. The lowest BCUT2D eigenvalue weighted by molar-refractivity contribution is -0.123. The Balaban J connectivity index is 1.39. The summed E-state index contributed by atoms with van der Waals surface area (Å²) >= 11 is 0. The lowest BCUT2D eigenvalue weighted by Gasteiger charge is -2.44. The Bertz CT molecular complexity index is 1940.